The molecule has 0 saturated carbocycles. The van der Waals surface area contributed by atoms with E-state index >= 15 is 0 Å². The Morgan fingerprint density at radius 3 is 2.54 bits per heavy atom. The van der Waals surface area contributed by atoms with Crippen LogP contribution in [0.2, 0.25) is 0 Å². The summed E-state index contributed by atoms with van der Waals surface area (Å²) in [5.74, 6) is 1.35. The summed E-state index contributed by atoms with van der Waals surface area (Å²) in [5.41, 5.74) is 3.17. The van der Waals surface area contributed by atoms with Crippen molar-refractivity contribution >= 4 is 11.8 Å². The quantitative estimate of drug-likeness (QED) is 0.622. The molecule has 1 heteroatoms. The molecule has 0 nitrogen and oxygen atoms in total. The Kier molecular flexibility index (Phi) is 3.66. The van der Waals surface area contributed by atoms with Crippen LogP contribution in [0, 0.1) is 11.8 Å². The zero-order valence-electron chi connectivity index (χ0n) is 9.35. The molecule has 0 N–H and O–H groups in total. The van der Waals surface area contributed by atoms with Crippen LogP contribution in [0.1, 0.15) is 41.0 Å². The molecule has 0 aromatic carbocycles. The highest BCUT2D eigenvalue weighted by molar-refractivity contribution is 8.05. The Morgan fingerprint density at radius 2 is 2.08 bits per heavy atom. The van der Waals surface area contributed by atoms with Gasteiger partial charge in [-0.1, -0.05) is 38.8 Å². The van der Waals surface area contributed by atoms with Gasteiger partial charge in [0.05, 0.1) is 0 Å². The fourth-order valence-electron chi connectivity index (χ4n) is 1.81. The standard InChI is InChI=1S/C12H20S/c1-6-11-7-13-12(8(2)3)10(5)9(11)4/h7-9H,6H2,1-5H3. The van der Waals surface area contributed by atoms with Gasteiger partial charge in [0.2, 0.25) is 0 Å². The van der Waals surface area contributed by atoms with Crippen LogP contribution in [0.4, 0.5) is 0 Å². The lowest BCUT2D eigenvalue weighted by molar-refractivity contribution is 0.717. The SMILES string of the molecule is CCC1=CSC(C(C)C)=C(C)C1C. The molecule has 0 radical (unpaired) electrons. The van der Waals surface area contributed by atoms with Gasteiger partial charge in [0.25, 0.3) is 0 Å². The van der Waals surface area contributed by atoms with Crippen molar-refractivity contribution in [3.8, 4) is 0 Å². The monoisotopic (exact) mass is 196 g/mol. The Balaban J connectivity index is 2.88. The average Bonchev–Trinajstić information content (AvgIpc) is 2.09. The zero-order chi connectivity index (χ0) is 10.0. The summed E-state index contributed by atoms with van der Waals surface area (Å²) >= 11 is 1.93. The lowest BCUT2D eigenvalue weighted by atomic mass is 9.90. The third-order valence-corrected chi connectivity index (χ3v) is 4.33. The second kappa shape index (κ2) is 4.36. The Hall–Kier alpha value is -0.170. The molecule has 0 aromatic heterocycles. The average molecular weight is 196 g/mol. The minimum Gasteiger partial charge on any atom is -0.102 e. The van der Waals surface area contributed by atoms with Crippen LogP contribution < -0.4 is 0 Å². The van der Waals surface area contributed by atoms with Crippen molar-refractivity contribution < 1.29 is 0 Å². The summed E-state index contributed by atoms with van der Waals surface area (Å²) in [5, 5.41) is 2.35. The third-order valence-electron chi connectivity index (χ3n) is 2.86. The van der Waals surface area contributed by atoms with Crippen LogP contribution in [0.25, 0.3) is 0 Å². The molecule has 74 valence electrons. The van der Waals surface area contributed by atoms with E-state index in [-0.39, 0.29) is 0 Å². The van der Waals surface area contributed by atoms with Gasteiger partial charge in [-0.2, -0.15) is 0 Å². The van der Waals surface area contributed by atoms with Crippen LogP contribution in [-0.2, 0) is 0 Å². The van der Waals surface area contributed by atoms with Crippen molar-refractivity contribution in [2.75, 3.05) is 0 Å². The molecule has 1 atom stereocenters. The van der Waals surface area contributed by atoms with Crippen LogP contribution in [0.15, 0.2) is 21.5 Å². The molecule has 0 spiro atoms. The van der Waals surface area contributed by atoms with E-state index in [4.69, 9.17) is 0 Å². The van der Waals surface area contributed by atoms with E-state index in [2.05, 4.69) is 40.0 Å². The van der Waals surface area contributed by atoms with Crippen molar-refractivity contribution in [1.29, 1.82) is 0 Å². The van der Waals surface area contributed by atoms with Crippen molar-refractivity contribution in [2.24, 2.45) is 11.8 Å². The Morgan fingerprint density at radius 1 is 1.46 bits per heavy atom. The van der Waals surface area contributed by atoms with Gasteiger partial charge in [-0.3, -0.25) is 0 Å². The first kappa shape index (κ1) is 10.9. The first-order valence-electron chi connectivity index (χ1n) is 5.14. The zero-order valence-corrected chi connectivity index (χ0v) is 10.2. The minimum absolute atomic E-state index is 0.670. The molecule has 0 bridgehead atoms. The molecule has 0 aromatic rings. The Labute approximate surface area is 86.5 Å². The van der Waals surface area contributed by atoms with E-state index in [0.717, 1.165) is 0 Å². The first-order chi connectivity index (χ1) is 6.07. The summed E-state index contributed by atoms with van der Waals surface area (Å²) in [6, 6.07) is 0. The molecule has 0 fully saturated rings. The second-order valence-electron chi connectivity index (χ2n) is 4.09. The lowest BCUT2D eigenvalue weighted by Gasteiger charge is -2.26. The van der Waals surface area contributed by atoms with E-state index in [0.29, 0.717) is 11.8 Å². The fourth-order valence-corrected chi connectivity index (χ4v) is 3.09. The number of hydrogen-bond acceptors (Lipinski definition) is 1. The highest BCUT2D eigenvalue weighted by atomic mass is 32.2. The molecule has 1 unspecified atom stereocenters. The van der Waals surface area contributed by atoms with Gasteiger partial charge in [-0.15, -0.1) is 11.8 Å². The van der Waals surface area contributed by atoms with Crippen molar-refractivity contribution in [2.45, 2.75) is 41.0 Å². The summed E-state index contributed by atoms with van der Waals surface area (Å²) < 4.78 is 0. The van der Waals surface area contributed by atoms with Gasteiger partial charge in [0.15, 0.2) is 0 Å². The van der Waals surface area contributed by atoms with Gasteiger partial charge < -0.3 is 0 Å². The van der Waals surface area contributed by atoms with Crippen molar-refractivity contribution in [3.63, 3.8) is 0 Å². The first-order valence-corrected chi connectivity index (χ1v) is 6.02. The van der Waals surface area contributed by atoms with E-state index in [1.807, 2.05) is 11.8 Å². The summed E-state index contributed by atoms with van der Waals surface area (Å²) in [7, 11) is 0. The number of thioether (sulfide) groups is 1. The molecule has 1 heterocycles. The fraction of sp³-hybridized carbons (Fsp3) is 0.667. The van der Waals surface area contributed by atoms with Crippen molar-refractivity contribution in [3.05, 3.63) is 21.5 Å². The minimum atomic E-state index is 0.670. The number of allylic oxidation sites excluding steroid dienone is 3. The molecule has 0 saturated heterocycles. The molecule has 13 heavy (non-hydrogen) atoms. The molecule has 1 aliphatic heterocycles. The summed E-state index contributed by atoms with van der Waals surface area (Å²) in [6.07, 6.45) is 1.19. The predicted octanol–water partition coefficient (Wildman–Crippen LogP) is 4.59. The van der Waals surface area contributed by atoms with Crippen LogP contribution >= 0.6 is 11.8 Å². The number of rotatable bonds is 2. The topological polar surface area (TPSA) is 0 Å². The highest BCUT2D eigenvalue weighted by Gasteiger charge is 2.19. The second-order valence-corrected chi connectivity index (χ2v) is 5.00. The smallest absolute Gasteiger partial charge is 0.000490 e. The normalized spacial score (nSPS) is 23.8. The predicted molar refractivity (Wildman–Crippen MR) is 62.7 cm³/mol. The maximum atomic E-state index is 2.35. The third kappa shape index (κ3) is 2.19. The molecule has 1 aliphatic rings. The summed E-state index contributed by atoms with van der Waals surface area (Å²) in [4.78, 5) is 1.57. The molecule has 0 amide bonds. The molecule has 1 rings (SSSR count). The van der Waals surface area contributed by atoms with E-state index in [1.54, 1.807) is 16.1 Å². The van der Waals surface area contributed by atoms with Crippen molar-refractivity contribution in [1.82, 2.24) is 0 Å². The maximum Gasteiger partial charge on any atom is -0.000490 e. The van der Waals surface area contributed by atoms with E-state index < -0.39 is 0 Å². The van der Waals surface area contributed by atoms with Gasteiger partial charge in [-0.05, 0) is 35.5 Å². The largest absolute Gasteiger partial charge is 0.102 e. The van der Waals surface area contributed by atoms with Crippen LogP contribution in [0.3, 0.4) is 0 Å². The lowest BCUT2D eigenvalue weighted by Crippen LogP contribution is -2.08. The molecular weight excluding hydrogens is 176 g/mol. The maximum absolute atomic E-state index is 2.35. The number of hydrogen-bond donors (Lipinski definition) is 0. The molecule has 0 aliphatic carbocycles. The molecular formula is C12H20S. The van der Waals surface area contributed by atoms with E-state index in [1.165, 1.54) is 6.42 Å². The van der Waals surface area contributed by atoms with Crippen LogP contribution in [-0.4, -0.2) is 0 Å². The van der Waals surface area contributed by atoms with E-state index in [9.17, 15) is 0 Å². The van der Waals surface area contributed by atoms with Gasteiger partial charge in [0, 0.05) is 0 Å². The van der Waals surface area contributed by atoms with Gasteiger partial charge in [0.1, 0.15) is 0 Å². The Bertz CT molecular complexity index is 246. The van der Waals surface area contributed by atoms with Gasteiger partial charge >= 0.3 is 0 Å². The summed E-state index contributed by atoms with van der Waals surface area (Å²) in [6.45, 7) is 11.4. The highest BCUT2D eigenvalue weighted by Crippen LogP contribution is 2.40. The van der Waals surface area contributed by atoms with Gasteiger partial charge in [-0.25, -0.2) is 0 Å². The van der Waals surface area contributed by atoms with Crippen LogP contribution in [0.5, 0.6) is 0 Å².